The van der Waals surface area contributed by atoms with Crippen molar-refractivity contribution < 1.29 is 18.0 Å². The summed E-state index contributed by atoms with van der Waals surface area (Å²) in [5.41, 5.74) is 4.05. The summed E-state index contributed by atoms with van der Waals surface area (Å²) < 4.78 is 25.9. The normalized spacial score (nSPS) is 22.1. The van der Waals surface area contributed by atoms with Crippen molar-refractivity contribution in [1.29, 1.82) is 0 Å². The van der Waals surface area contributed by atoms with Crippen molar-refractivity contribution in [2.24, 2.45) is 5.92 Å². The maximum Gasteiger partial charge on any atom is 0.235 e. The van der Waals surface area contributed by atoms with Crippen LogP contribution in [0.2, 0.25) is 0 Å². The van der Waals surface area contributed by atoms with Crippen LogP contribution in [0.5, 0.6) is 0 Å². The Balaban J connectivity index is 1.52. The number of hydrogen-bond donors (Lipinski definition) is 0. The van der Waals surface area contributed by atoms with Crippen molar-refractivity contribution in [2.45, 2.75) is 39.2 Å². The number of fused-ring (bicyclic) bond motifs is 1. The molecule has 5 rings (SSSR count). The van der Waals surface area contributed by atoms with Gasteiger partial charge in [-0.1, -0.05) is 18.2 Å². The van der Waals surface area contributed by atoms with E-state index in [9.17, 15) is 18.0 Å². The monoisotopic (exact) mass is 453 g/mol. The fourth-order valence-electron chi connectivity index (χ4n) is 4.79. The number of amides is 2. The molecular formula is C24H27N3O4S. The lowest BCUT2D eigenvalue weighted by Crippen LogP contribution is -2.51. The lowest BCUT2D eigenvalue weighted by atomic mass is 10.00. The van der Waals surface area contributed by atoms with Gasteiger partial charge in [0.25, 0.3) is 0 Å². The average molecular weight is 454 g/mol. The molecule has 1 atom stereocenters. The van der Waals surface area contributed by atoms with E-state index in [1.807, 2.05) is 54.3 Å². The molecule has 32 heavy (non-hydrogen) atoms. The van der Waals surface area contributed by atoms with Crippen molar-refractivity contribution in [1.82, 2.24) is 0 Å². The van der Waals surface area contributed by atoms with Crippen LogP contribution in [0.3, 0.4) is 0 Å². The van der Waals surface area contributed by atoms with Crippen molar-refractivity contribution >= 4 is 38.9 Å². The average Bonchev–Trinajstić information content (AvgIpc) is 3.55. The molecular weight excluding hydrogens is 426 g/mol. The van der Waals surface area contributed by atoms with Gasteiger partial charge in [0.05, 0.1) is 28.9 Å². The van der Waals surface area contributed by atoms with Gasteiger partial charge in [-0.25, -0.2) is 8.42 Å². The highest BCUT2D eigenvalue weighted by Gasteiger charge is 2.39. The summed E-state index contributed by atoms with van der Waals surface area (Å²) in [4.78, 5) is 28.9. The molecule has 3 aliphatic rings. The van der Waals surface area contributed by atoms with E-state index >= 15 is 0 Å². The van der Waals surface area contributed by atoms with Gasteiger partial charge < -0.3 is 9.80 Å². The van der Waals surface area contributed by atoms with Gasteiger partial charge in [0, 0.05) is 25.9 Å². The Bertz CT molecular complexity index is 1190. The summed E-state index contributed by atoms with van der Waals surface area (Å²) in [6.45, 7) is 4.52. The zero-order chi connectivity index (χ0) is 22.6. The number of carbonyl (C=O) groups excluding carboxylic acids is 2. The zero-order valence-electron chi connectivity index (χ0n) is 18.3. The van der Waals surface area contributed by atoms with Crippen LogP contribution in [0.25, 0.3) is 11.1 Å². The van der Waals surface area contributed by atoms with Crippen LogP contribution in [0.15, 0.2) is 42.5 Å². The van der Waals surface area contributed by atoms with Crippen molar-refractivity contribution in [3.8, 4) is 11.1 Å². The third kappa shape index (κ3) is 3.56. The summed E-state index contributed by atoms with van der Waals surface area (Å²) in [6.07, 6.45) is 2.50. The van der Waals surface area contributed by atoms with Crippen LogP contribution in [0.4, 0.5) is 17.1 Å². The Hall–Kier alpha value is -2.87. The summed E-state index contributed by atoms with van der Waals surface area (Å²) in [6, 6.07) is 13.2. The van der Waals surface area contributed by atoms with Crippen LogP contribution < -0.4 is 14.1 Å². The van der Waals surface area contributed by atoms with E-state index in [0.717, 1.165) is 35.3 Å². The maximum atomic E-state index is 13.0. The van der Waals surface area contributed by atoms with Gasteiger partial charge in [-0.15, -0.1) is 0 Å². The smallest absolute Gasteiger partial charge is 0.235 e. The van der Waals surface area contributed by atoms with Crippen LogP contribution >= 0.6 is 0 Å². The standard InChI is InChI=1S/C24H27N3O4S/c1-16-15-25(24(29)19-4-5-19)23-14-20(8-11-22(23)27(16)17(2)28)18-6-9-21(10-7-18)26-12-3-13-32(26,30)31/h6-11,14,16,19H,3-5,12-13,15H2,1-2H3/t16-/m0/s1. The van der Waals surface area contributed by atoms with Gasteiger partial charge in [-0.05, 0) is 61.6 Å². The van der Waals surface area contributed by atoms with Crippen LogP contribution in [-0.2, 0) is 19.6 Å². The molecule has 0 aromatic heterocycles. The first-order valence-electron chi connectivity index (χ1n) is 11.1. The topological polar surface area (TPSA) is 78.0 Å². The van der Waals surface area contributed by atoms with E-state index in [1.165, 1.54) is 4.31 Å². The van der Waals surface area contributed by atoms with Gasteiger partial charge in [-0.2, -0.15) is 0 Å². The summed E-state index contributed by atoms with van der Waals surface area (Å²) in [5, 5.41) is 0. The predicted molar refractivity (Wildman–Crippen MR) is 125 cm³/mol. The molecule has 1 saturated heterocycles. The highest BCUT2D eigenvalue weighted by atomic mass is 32.2. The first kappa shape index (κ1) is 21.0. The molecule has 2 fully saturated rings. The second-order valence-corrected chi connectivity index (χ2v) is 11.0. The molecule has 2 aromatic carbocycles. The molecule has 0 radical (unpaired) electrons. The minimum Gasteiger partial charge on any atom is -0.308 e. The van der Waals surface area contributed by atoms with E-state index in [1.54, 1.807) is 11.8 Å². The number of benzene rings is 2. The zero-order valence-corrected chi connectivity index (χ0v) is 19.1. The van der Waals surface area contributed by atoms with Crippen LogP contribution in [-0.4, -0.2) is 45.1 Å². The molecule has 0 unspecified atom stereocenters. The largest absolute Gasteiger partial charge is 0.308 e. The molecule has 0 bridgehead atoms. The third-order valence-corrected chi connectivity index (χ3v) is 8.40. The SMILES string of the molecule is CC(=O)N1c2ccc(-c3ccc(N4CCCS4(=O)=O)cc3)cc2N(C(=O)C2CC2)C[C@@H]1C. The van der Waals surface area contributed by atoms with E-state index in [0.29, 0.717) is 25.2 Å². The molecule has 1 aliphatic carbocycles. The Morgan fingerprint density at radius 2 is 1.66 bits per heavy atom. The molecule has 168 valence electrons. The minimum absolute atomic E-state index is 0.0406. The van der Waals surface area contributed by atoms with Crippen LogP contribution in [0, 0.1) is 5.92 Å². The highest BCUT2D eigenvalue weighted by Crippen LogP contribution is 2.42. The quantitative estimate of drug-likeness (QED) is 0.714. The van der Waals surface area contributed by atoms with E-state index in [2.05, 4.69) is 0 Å². The number of anilines is 3. The predicted octanol–water partition coefficient (Wildman–Crippen LogP) is 3.39. The molecule has 2 aromatic rings. The van der Waals surface area contributed by atoms with Gasteiger partial charge in [0.2, 0.25) is 21.8 Å². The second kappa shape index (κ2) is 7.62. The third-order valence-electron chi connectivity index (χ3n) is 6.53. The Kier molecular flexibility index (Phi) is 5.00. The van der Waals surface area contributed by atoms with Gasteiger partial charge in [0.1, 0.15) is 0 Å². The van der Waals surface area contributed by atoms with Crippen molar-refractivity contribution in [2.75, 3.05) is 32.9 Å². The molecule has 2 heterocycles. The Morgan fingerprint density at radius 3 is 2.25 bits per heavy atom. The fraction of sp³-hybridized carbons (Fsp3) is 0.417. The number of carbonyl (C=O) groups is 2. The fourth-order valence-corrected chi connectivity index (χ4v) is 6.36. The summed E-state index contributed by atoms with van der Waals surface area (Å²) in [5.74, 6) is 0.369. The summed E-state index contributed by atoms with van der Waals surface area (Å²) >= 11 is 0. The van der Waals surface area contributed by atoms with Gasteiger partial charge >= 0.3 is 0 Å². The molecule has 7 nitrogen and oxygen atoms in total. The second-order valence-electron chi connectivity index (χ2n) is 8.95. The van der Waals surface area contributed by atoms with E-state index < -0.39 is 10.0 Å². The Morgan fingerprint density at radius 1 is 0.969 bits per heavy atom. The highest BCUT2D eigenvalue weighted by molar-refractivity contribution is 7.93. The van der Waals surface area contributed by atoms with Crippen molar-refractivity contribution in [3.63, 3.8) is 0 Å². The van der Waals surface area contributed by atoms with Crippen molar-refractivity contribution in [3.05, 3.63) is 42.5 Å². The number of hydrogen-bond acceptors (Lipinski definition) is 4. The lowest BCUT2D eigenvalue weighted by Gasteiger charge is -2.41. The van der Waals surface area contributed by atoms with E-state index in [-0.39, 0.29) is 29.5 Å². The molecule has 2 aliphatic heterocycles. The van der Waals surface area contributed by atoms with Gasteiger partial charge in [0.15, 0.2) is 0 Å². The Labute approximate surface area is 188 Å². The molecule has 0 N–H and O–H groups in total. The lowest BCUT2D eigenvalue weighted by molar-refractivity contribution is -0.120. The maximum absolute atomic E-state index is 13.0. The molecule has 8 heteroatoms. The number of nitrogens with zero attached hydrogens (tertiary/aromatic N) is 3. The first-order chi connectivity index (χ1) is 15.3. The van der Waals surface area contributed by atoms with E-state index in [4.69, 9.17) is 0 Å². The summed E-state index contributed by atoms with van der Waals surface area (Å²) in [7, 11) is -3.22. The molecule has 2 amide bonds. The number of sulfonamides is 1. The molecule has 1 saturated carbocycles. The first-order valence-corrected chi connectivity index (χ1v) is 12.7. The minimum atomic E-state index is -3.22. The number of rotatable bonds is 3. The molecule has 0 spiro atoms. The van der Waals surface area contributed by atoms with Gasteiger partial charge in [-0.3, -0.25) is 13.9 Å². The van der Waals surface area contributed by atoms with Crippen LogP contribution in [0.1, 0.15) is 33.1 Å².